The van der Waals surface area contributed by atoms with E-state index in [4.69, 9.17) is 4.98 Å². The first kappa shape index (κ1) is 14.1. The van der Waals surface area contributed by atoms with Gasteiger partial charge in [-0.2, -0.15) is 0 Å². The standard InChI is InChI=1S/C19H21N3O/c23-18-13-7-6-12-17(18)22-16-11-5-4-10-15(16)21-19(22)20-14-8-2-1-3-9-14/h4-7,10-14,23H,1-3,8-9H2,(H,20,21). The van der Waals surface area contributed by atoms with Gasteiger partial charge in [0.15, 0.2) is 0 Å². The van der Waals surface area contributed by atoms with Gasteiger partial charge in [-0.15, -0.1) is 0 Å². The number of fused-ring (bicyclic) bond motifs is 1. The lowest BCUT2D eigenvalue weighted by Crippen LogP contribution is -2.24. The molecule has 0 aliphatic heterocycles. The molecular formula is C19H21N3O. The van der Waals surface area contributed by atoms with Crippen molar-refractivity contribution in [3.63, 3.8) is 0 Å². The molecular weight excluding hydrogens is 286 g/mol. The van der Waals surface area contributed by atoms with E-state index in [1.165, 1.54) is 32.1 Å². The van der Waals surface area contributed by atoms with E-state index < -0.39 is 0 Å². The van der Waals surface area contributed by atoms with E-state index in [1.54, 1.807) is 6.07 Å². The van der Waals surface area contributed by atoms with Crippen LogP contribution in [0.4, 0.5) is 5.95 Å². The Kier molecular flexibility index (Phi) is 3.66. The van der Waals surface area contributed by atoms with E-state index in [-0.39, 0.29) is 5.75 Å². The number of para-hydroxylation sites is 4. The van der Waals surface area contributed by atoms with Gasteiger partial charge in [0.25, 0.3) is 0 Å². The summed E-state index contributed by atoms with van der Waals surface area (Å²) in [6.45, 7) is 0. The normalized spacial score (nSPS) is 15.8. The van der Waals surface area contributed by atoms with E-state index in [0.717, 1.165) is 22.7 Å². The molecule has 2 N–H and O–H groups in total. The van der Waals surface area contributed by atoms with Crippen molar-refractivity contribution in [1.29, 1.82) is 0 Å². The average molecular weight is 307 g/mol. The van der Waals surface area contributed by atoms with Gasteiger partial charge in [0.2, 0.25) is 5.95 Å². The molecule has 0 atom stereocenters. The van der Waals surface area contributed by atoms with Gasteiger partial charge in [-0.3, -0.25) is 4.57 Å². The van der Waals surface area contributed by atoms with Crippen molar-refractivity contribution in [1.82, 2.24) is 9.55 Å². The minimum atomic E-state index is 0.266. The SMILES string of the molecule is Oc1ccccc1-n1c(NC2CCCCC2)nc2ccccc21. The van der Waals surface area contributed by atoms with Crippen LogP contribution in [-0.2, 0) is 0 Å². The van der Waals surface area contributed by atoms with Crippen LogP contribution in [0, 0.1) is 0 Å². The van der Waals surface area contributed by atoms with E-state index in [1.807, 2.05) is 47.0 Å². The lowest BCUT2D eigenvalue weighted by Gasteiger charge is -2.24. The molecule has 118 valence electrons. The smallest absolute Gasteiger partial charge is 0.208 e. The van der Waals surface area contributed by atoms with Crippen LogP contribution >= 0.6 is 0 Å². The van der Waals surface area contributed by atoms with E-state index in [2.05, 4.69) is 5.32 Å². The summed E-state index contributed by atoms with van der Waals surface area (Å²) in [5, 5.41) is 13.9. The second kappa shape index (κ2) is 5.95. The minimum absolute atomic E-state index is 0.266. The van der Waals surface area contributed by atoms with Gasteiger partial charge in [0, 0.05) is 6.04 Å². The first-order valence-electron chi connectivity index (χ1n) is 8.35. The second-order valence-corrected chi connectivity index (χ2v) is 6.23. The predicted molar refractivity (Wildman–Crippen MR) is 93.2 cm³/mol. The summed E-state index contributed by atoms with van der Waals surface area (Å²) < 4.78 is 2.03. The fourth-order valence-electron chi connectivity index (χ4n) is 3.45. The van der Waals surface area contributed by atoms with Crippen LogP contribution in [0.3, 0.4) is 0 Å². The fraction of sp³-hybridized carbons (Fsp3) is 0.316. The highest BCUT2D eigenvalue weighted by Crippen LogP contribution is 2.31. The first-order chi connectivity index (χ1) is 11.3. The Labute approximate surface area is 135 Å². The molecule has 0 unspecified atom stereocenters. The largest absolute Gasteiger partial charge is 0.506 e. The monoisotopic (exact) mass is 307 g/mol. The molecule has 1 heterocycles. The van der Waals surface area contributed by atoms with Gasteiger partial charge >= 0.3 is 0 Å². The summed E-state index contributed by atoms with van der Waals surface area (Å²) in [6.07, 6.45) is 6.24. The highest BCUT2D eigenvalue weighted by atomic mass is 16.3. The summed E-state index contributed by atoms with van der Waals surface area (Å²) in [5.74, 6) is 1.09. The van der Waals surface area contributed by atoms with Gasteiger partial charge in [0.05, 0.1) is 16.7 Å². The number of rotatable bonds is 3. The Morgan fingerprint density at radius 1 is 0.957 bits per heavy atom. The zero-order chi connectivity index (χ0) is 15.6. The maximum atomic E-state index is 10.3. The minimum Gasteiger partial charge on any atom is -0.506 e. The van der Waals surface area contributed by atoms with Gasteiger partial charge < -0.3 is 10.4 Å². The maximum absolute atomic E-state index is 10.3. The number of phenolic OH excluding ortho intramolecular Hbond substituents is 1. The molecule has 0 saturated heterocycles. The molecule has 1 aromatic heterocycles. The van der Waals surface area contributed by atoms with Crippen LogP contribution in [0.25, 0.3) is 16.7 Å². The zero-order valence-electron chi connectivity index (χ0n) is 13.1. The Bertz CT molecular complexity index is 818. The Morgan fingerprint density at radius 3 is 2.52 bits per heavy atom. The molecule has 1 aliphatic rings. The van der Waals surface area contributed by atoms with E-state index in [9.17, 15) is 5.11 Å². The molecule has 23 heavy (non-hydrogen) atoms. The Hall–Kier alpha value is -2.49. The Morgan fingerprint density at radius 2 is 1.70 bits per heavy atom. The molecule has 3 aromatic rings. The first-order valence-corrected chi connectivity index (χ1v) is 8.35. The van der Waals surface area contributed by atoms with Crippen molar-refractivity contribution in [2.45, 2.75) is 38.1 Å². The van der Waals surface area contributed by atoms with Crippen LogP contribution in [0.15, 0.2) is 48.5 Å². The van der Waals surface area contributed by atoms with Crippen LogP contribution in [-0.4, -0.2) is 20.7 Å². The molecule has 0 spiro atoms. The summed E-state index contributed by atoms with van der Waals surface area (Å²) in [5.41, 5.74) is 2.71. The molecule has 1 fully saturated rings. The number of hydrogen-bond donors (Lipinski definition) is 2. The third-order valence-corrected chi connectivity index (χ3v) is 4.62. The number of aromatic nitrogens is 2. The lowest BCUT2D eigenvalue weighted by atomic mass is 9.96. The van der Waals surface area contributed by atoms with Crippen molar-refractivity contribution >= 4 is 17.0 Å². The van der Waals surface area contributed by atoms with Gasteiger partial charge in [0.1, 0.15) is 5.75 Å². The highest BCUT2D eigenvalue weighted by molar-refractivity contribution is 5.82. The highest BCUT2D eigenvalue weighted by Gasteiger charge is 2.19. The topological polar surface area (TPSA) is 50.1 Å². The molecule has 4 nitrogen and oxygen atoms in total. The number of anilines is 1. The van der Waals surface area contributed by atoms with Crippen LogP contribution < -0.4 is 5.32 Å². The van der Waals surface area contributed by atoms with Crippen molar-refractivity contribution in [2.75, 3.05) is 5.32 Å². The van der Waals surface area contributed by atoms with Crippen molar-refractivity contribution < 1.29 is 5.11 Å². The Balaban J connectivity index is 1.83. The van der Waals surface area contributed by atoms with Crippen molar-refractivity contribution in [3.8, 4) is 11.4 Å². The summed E-state index contributed by atoms with van der Waals surface area (Å²) in [7, 11) is 0. The molecule has 2 aromatic carbocycles. The molecule has 0 amide bonds. The van der Waals surface area contributed by atoms with Crippen LogP contribution in [0.1, 0.15) is 32.1 Å². The van der Waals surface area contributed by atoms with Gasteiger partial charge in [-0.05, 0) is 37.1 Å². The number of nitrogens with one attached hydrogen (secondary N) is 1. The third kappa shape index (κ3) is 2.65. The molecule has 1 saturated carbocycles. The van der Waals surface area contributed by atoms with Crippen molar-refractivity contribution in [2.24, 2.45) is 0 Å². The van der Waals surface area contributed by atoms with E-state index >= 15 is 0 Å². The van der Waals surface area contributed by atoms with Gasteiger partial charge in [-0.1, -0.05) is 43.5 Å². The number of imidazole rings is 1. The molecule has 4 rings (SSSR count). The summed E-state index contributed by atoms with van der Waals surface area (Å²) >= 11 is 0. The average Bonchev–Trinajstić information content (AvgIpc) is 2.94. The predicted octanol–water partition coefficient (Wildman–Crippen LogP) is 4.48. The number of aromatic hydroxyl groups is 1. The van der Waals surface area contributed by atoms with Crippen molar-refractivity contribution in [3.05, 3.63) is 48.5 Å². The molecule has 0 bridgehead atoms. The molecule has 4 heteroatoms. The quantitative estimate of drug-likeness (QED) is 0.750. The third-order valence-electron chi connectivity index (χ3n) is 4.62. The zero-order valence-corrected chi connectivity index (χ0v) is 13.1. The van der Waals surface area contributed by atoms with Gasteiger partial charge in [-0.25, -0.2) is 4.98 Å². The second-order valence-electron chi connectivity index (χ2n) is 6.23. The number of nitrogens with zero attached hydrogens (tertiary/aromatic N) is 2. The maximum Gasteiger partial charge on any atom is 0.208 e. The molecule has 0 radical (unpaired) electrons. The van der Waals surface area contributed by atoms with Crippen LogP contribution in [0.2, 0.25) is 0 Å². The summed E-state index contributed by atoms with van der Waals surface area (Å²) in [6, 6.07) is 15.9. The van der Waals surface area contributed by atoms with E-state index in [0.29, 0.717) is 6.04 Å². The lowest BCUT2D eigenvalue weighted by molar-refractivity contribution is 0.459. The van der Waals surface area contributed by atoms with Crippen LogP contribution in [0.5, 0.6) is 5.75 Å². The number of hydrogen-bond acceptors (Lipinski definition) is 3. The number of phenols is 1. The number of benzene rings is 2. The fourth-order valence-corrected chi connectivity index (χ4v) is 3.45. The summed E-state index contributed by atoms with van der Waals surface area (Å²) in [4.78, 5) is 4.77. The molecule has 1 aliphatic carbocycles.